The standard InChI is InChI=1S/C14H8F6.C3H6/c1-5-3-7(15)11(17)13(19)9(5)10-6(2)4-8(16)12(18)14(10)20;1-3-2/h3-4H,1-2H3;3H,1H2,2H3. The summed E-state index contributed by atoms with van der Waals surface area (Å²) in [5.41, 5.74) is -1.51. The summed E-state index contributed by atoms with van der Waals surface area (Å²) in [5.74, 6) is -9.76. The van der Waals surface area contributed by atoms with Crippen LogP contribution in [0.5, 0.6) is 0 Å². The molecule has 0 aromatic heterocycles. The number of halogens is 6. The van der Waals surface area contributed by atoms with Gasteiger partial charge in [0.1, 0.15) is 0 Å². The Kier molecular flexibility index (Phi) is 6.01. The van der Waals surface area contributed by atoms with Crippen LogP contribution in [0, 0.1) is 48.8 Å². The highest BCUT2D eigenvalue weighted by Gasteiger charge is 2.25. The second kappa shape index (κ2) is 7.35. The minimum Gasteiger partial charge on any atom is -0.204 e. The Labute approximate surface area is 130 Å². The van der Waals surface area contributed by atoms with E-state index in [9.17, 15) is 26.3 Å². The van der Waals surface area contributed by atoms with Crippen molar-refractivity contribution in [3.8, 4) is 11.1 Å². The van der Waals surface area contributed by atoms with Gasteiger partial charge >= 0.3 is 0 Å². The lowest BCUT2D eigenvalue weighted by Gasteiger charge is -2.13. The first kappa shape index (κ1) is 18.8. The molecule has 0 aliphatic carbocycles. The average molecular weight is 332 g/mol. The number of benzene rings is 2. The van der Waals surface area contributed by atoms with Crippen LogP contribution in [0.3, 0.4) is 0 Å². The Hall–Kier alpha value is -2.24. The minimum absolute atomic E-state index is 0.130. The SMILES string of the molecule is C=CC.Cc1cc(F)c(F)c(F)c1-c1c(C)cc(F)c(F)c1F. The van der Waals surface area contributed by atoms with E-state index in [1.807, 2.05) is 6.92 Å². The monoisotopic (exact) mass is 332 g/mol. The lowest BCUT2D eigenvalue weighted by molar-refractivity contribution is 0.440. The molecule has 0 fully saturated rings. The Bertz CT molecular complexity index is 688. The van der Waals surface area contributed by atoms with Gasteiger partial charge in [0.2, 0.25) is 0 Å². The molecule has 0 aliphatic rings. The van der Waals surface area contributed by atoms with Crippen molar-refractivity contribution in [2.24, 2.45) is 0 Å². The lowest BCUT2D eigenvalue weighted by atomic mass is 9.94. The maximum Gasteiger partial charge on any atom is 0.195 e. The first-order valence-electron chi connectivity index (χ1n) is 6.52. The third-order valence-electron chi connectivity index (χ3n) is 2.97. The van der Waals surface area contributed by atoms with Gasteiger partial charge in [0, 0.05) is 11.1 Å². The van der Waals surface area contributed by atoms with E-state index in [4.69, 9.17) is 0 Å². The first-order chi connectivity index (χ1) is 10.7. The molecule has 0 N–H and O–H groups in total. The van der Waals surface area contributed by atoms with E-state index in [1.54, 1.807) is 6.08 Å². The van der Waals surface area contributed by atoms with Crippen LogP contribution in [0.25, 0.3) is 11.1 Å². The molecule has 2 aromatic rings. The molecule has 0 saturated heterocycles. The van der Waals surface area contributed by atoms with E-state index >= 15 is 0 Å². The van der Waals surface area contributed by atoms with Crippen molar-refractivity contribution in [3.05, 3.63) is 70.8 Å². The number of hydrogen-bond donors (Lipinski definition) is 0. The van der Waals surface area contributed by atoms with Gasteiger partial charge in [-0.3, -0.25) is 0 Å². The van der Waals surface area contributed by atoms with Crippen LogP contribution in [0.1, 0.15) is 18.1 Å². The summed E-state index contributed by atoms with van der Waals surface area (Å²) in [4.78, 5) is 0. The van der Waals surface area contributed by atoms with Crippen LogP contribution in [-0.4, -0.2) is 0 Å². The molecule has 2 aromatic carbocycles. The Morgan fingerprint density at radius 1 is 0.696 bits per heavy atom. The highest BCUT2D eigenvalue weighted by atomic mass is 19.2. The lowest BCUT2D eigenvalue weighted by Crippen LogP contribution is -2.04. The van der Waals surface area contributed by atoms with Crippen molar-refractivity contribution in [1.82, 2.24) is 0 Å². The zero-order valence-corrected chi connectivity index (χ0v) is 12.7. The van der Waals surface area contributed by atoms with E-state index in [2.05, 4.69) is 6.58 Å². The summed E-state index contributed by atoms with van der Waals surface area (Å²) in [7, 11) is 0. The summed E-state index contributed by atoms with van der Waals surface area (Å²) in [5, 5.41) is 0. The van der Waals surface area contributed by atoms with E-state index in [-0.39, 0.29) is 11.1 Å². The van der Waals surface area contributed by atoms with Gasteiger partial charge in [0.05, 0.1) is 0 Å². The molecule has 124 valence electrons. The molecule has 0 atom stereocenters. The molecule has 2 rings (SSSR count). The van der Waals surface area contributed by atoms with Crippen molar-refractivity contribution in [1.29, 1.82) is 0 Å². The summed E-state index contributed by atoms with van der Waals surface area (Å²) < 4.78 is 80.2. The summed E-state index contributed by atoms with van der Waals surface area (Å²) in [6.45, 7) is 7.67. The van der Waals surface area contributed by atoms with Crippen molar-refractivity contribution in [3.63, 3.8) is 0 Å². The maximum atomic E-state index is 13.8. The molecule has 0 aliphatic heterocycles. The van der Waals surface area contributed by atoms with Gasteiger partial charge in [-0.05, 0) is 44.0 Å². The first-order valence-corrected chi connectivity index (χ1v) is 6.52. The zero-order chi connectivity index (χ0) is 17.9. The van der Waals surface area contributed by atoms with Crippen LogP contribution in [0.15, 0.2) is 24.8 Å². The Morgan fingerprint density at radius 2 is 0.957 bits per heavy atom. The normalized spacial score (nSPS) is 10.1. The van der Waals surface area contributed by atoms with Crippen LogP contribution in [0.2, 0.25) is 0 Å². The van der Waals surface area contributed by atoms with Gasteiger partial charge in [-0.2, -0.15) is 0 Å². The summed E-state index contributed by atoms with van der Waals surface area (Å²) in [6, 6.07) is 1.32. The molecular formula is C17H14F6. The third-order valence-corrected chi connectivity index (χ3v) is 2.97. The van der Waals surface area contributed by atoms with Crippen molar-refractivity contribution in [2.45, 2.75) is 20.8 Å². The molecule has 0 spiro atoms. The number of hydrogen-bond acceptors (Lipinski definition) is 0. The quantitative estimate of drug-likeness (QED) is 0.341. The highest BCUT2D eigenvalue weighted by molar-refractivity contribution is 5.72. The van der Waals surface area contributed by atoms with Gasteiger partial charge in [-0.1, -0.05) is 6.08 Å². The van der Waals surface area contributed by atoms with Gasteiger partial charge in [0.15, 0.2) is 34.9 Å². The predicted octanol–water partition coefficient (Wildman–Crippen LogP) is 6.00. The summed E-state index contributed by atoms with van der Waals surface area (Å²) >= 11 is 0. The minimum atomic E-state index is -1.80. The van der Waals surface area contributed by atoms with Crippen molar-refractivity contribution >= 4 is 0 Å². The molecule has 6 heteroatoms. The fourth-order valence-electron chi connectivity index (χ4n) is 2.04. The molecule has 0 amide bonds. The summed E-state index contributed by atoms with van der Waals surface area (Å²) in [6.07, 6.45) is 1.75. The largest absolute Gasteiger partial charge is 0.204 e. The van der Waals surface area contributed by atoms with Crippen molar-refractivity contribution < 1.29 is 26.3 Å². The predicted molar refractivity (Wildman–Crippen MR) is 77.0 cm³/mol. The van der Waals surface area contributed by atoms with Crippen LogP contribution < -0.4 is 0 Å². The molecule has 0 unspecified atom stereocenters. The molecule has 0 radical (unpaired) electrons. The zero-order valence-electron chi connectivity index (χ0n) is 12.7. The van der Waals surface area contributed by atoms with E-state index in [0.29, 0.717) is 12.1 Å². The second-order valence-electron chi connectivity index (χ2n) is 4.76. The average Bonchev–Trinajstić information content (AvgIpc) is 2.47. The highest BCUT2D eigenvalue weighted by Crippen LogP contribution is 2.35. The van der Waals surface area contributed by atoms with E-state index < -0.39 is 46.0 Å². The van der Waals surface area contributed by atoms with Crippen LogP contribution >= 0.6 is 0 Å². The topological polar surface area (TPSA) is 0 Å². The molecule has 23 heavy (non-hydrogen) atoms. The van der Waals surface area contributed by atoms with Gasteiger partial charge < -0.3 is 0 Å². The third kappa shape index (κ3) is 3.57. The van der Waals surface area contributed by atoms with E-state index in [1.165, 1.54) is 13.8 Å². The smallest absolute Gasteiger partial charge is 0.195 e. The maximum absolute atomic E-state index is 13.8. The second-order valence-corrected chi connectivity index (χ2v) is 4.76. The Balaban J connectivity index is 0.000000816. The van der Waals surface area contributed by atoms with Gasteiger partial charge in [-0.25, -0.2) is 26.3 Å². The van der Waals surface area contributed by atoms with Crippen LogP contribution in [0.4, 0.5) is 26.3 Å². The molecule has 0 bridgehead atoms. The number of aryl methyl sites for hydroxylation is 2. The van der Waals surface area contributed by atoms with Crippen LogP contribution in [-0.2, 0) is 0 Å². The number of allylic oxidation sites excluding steroid dienone is 1. The molecule has 0 saturated carbocycles. The fourth-order valence-corrected chi connectivity index (χ4v) is 2.04. The van der Waals surface area contributed by atoms with Gasteiger partial charge in [-0.15, -0.1) is 6.58 Å². The Morgan fingerprint density at radius 3 is 1.22 bits per heavy atom. The molecule has 0 heterocycles. The number of rotatable bonds is 1. The fraction of sp³-hybridized carbons (Fsp3) is 0.176. The molecular weight excluding hydrogens is 318 g/mol. The van der Waals surface area contributed by atoms with Gasteiger partial charge in [0.25, 0.3) is 0 Å². The van der Waals surface area contributed by atoms with E-state index in [0.717, 1.165) is 0 Å². The molecule has 0 nitrogen and oxygen atoms in total. The van der Waals surface area contributed by atoms with Crippen molar-refractivity contribution in [2.75, 3.05) is 0 Å².